The third-order valence-electron chi connectivity index (χ3n) is 3.92. The molecule has 19 heavy (non-hydrogen) atoms. The minimum Gasteiger partial charge on any atom is -0.390 e. The highest BCUT2D eigenvalue weighted by atomic mass is 16.3. The molecular formula is C14H21N3O2. The molecular weight excluding hydrogens is 242 g/mol. The summed E-state index contributed by atoms with van der Waals surface area (Å²) in [5.74, 6) is 0.602. The van der Waals surface area contributed by atoms with Gasteiger partial charge in [-0.05, 0) is 33.3 Å². The van der Waals surface area contributed by atoms with Crippen molar-refractivity contribution in [2.75, 3.05) is 13.1 Å². The van der Waals surface area contributed by atoms with E-state index in [4.69, 9.17) is 0 Å². The number of nitrogens with zero attached hydrogens (tertiary/aromatic N) is 3. The molecule has 1 aromatic heterocycles. The van der Waals surface area contributed by atoms with Gasteiger partial charge in [0.1, 0.15) is 11.5 Å². The maximum Gasteiger partial charge on any atom is 0.272 e. The Kier molecular flexibility index (Phi) is 3.58. The van der Waals surface area contributed by atoms with Crippen LogP contribution in [0, 0.1) is 19.8 Å². The molecule has 0 aromatic carbocycles. The van der Waals surface area contributed by atoms with Crippen molar-refractivity contribution >= 4 is 5.91 Å². The Morgan fingerprint density at radius 3 is 2.74 bits per heavy atom. The predicted octanol–water partition coefficient (Wildman–Crippen LogP) is 1.33. The first kappa shape index (κ1) is 13.9. The summed E-state index contributed by atoms with van der Waals surface area (Å²) in [5, 5.41) is 10.1. The van der Waals surface area contributed by atoms with Gasteiger partial charge in [0.2, 0.25) is 0 Å². The summed E-state index contributed by atoms with van der Waals surface area (Å²) in [5.41, 5.74) is 0.556. The van der Waals surface area contributed by atoms with Crippen LogP contribution in [-0.4, -0.2) is 44.6 Å². The molecule has 0 radical (unpaired) electrons. The summed E-state index contributed by atoms with van der Waals surface area (Å²) in [6, 6.07) is 1.72. The lowest BCUT2D eigenvalue weighted by Crippen LogP contribution is -2.51. The van der Waals surface area contributed by atoms with E-state index in [1.807, 2.05) is 20.8 Å². The van der Waals surface area contributed by atoms with Crippen LogP contribution in [0.3, 0.4) is 0 Å². The molecule has 0 bridgehead atoms. The van der Waals surface area contributed by atoms with Gasteiger partial charge < -0.3 is 10.0 Å². The van der Waals surface area contributed by atoms with E-state index < -0.39 is 5.60 Å². The minimum absolute atomic E-state index is 0.0641. The molecule has 2 rings (SSSR count). The number of amides is 1. The Balaban J connectivity index is 2.17. The zero-order valence-electron chi connectivity index (χ0n) is 12.0. The van der Waals surface area contributed by atoms with E-state index >= 15 is 0 Å². The van der Waals surface area contributed by atoms with Gasteiger partial charge in [0.05, 0.1) is 5.60 Å². The molecule has 104 valence electrons. The number of hydrogen-bond donors (Lipinski definition) is 1. The Morgan fingerprint density at radius 1 is 1.47 bits per heavy atom. The fourth-order valence-corrected chi connectivity index (χ4v) is 2.40. The number of aromatic nitrogens is 2. The lowest BCUT2D eigenvalue weighted by Gasteiger charge is -2.41. The second-order valence-electron chi connectivity index (χ2n) is 5.70. The summed E-state index contributed by atoms with van der Waals surface area (Å²) >= 11 is 0. The Hall–Kier alpha value is -1.49. The second kappa shape index (κ2) is 4.89. The smallest absolute Gasteiger partial charge is 0.272 e. The molecule has 1 aliphatic heterocycles. The van der Waals surface area contributed by atoms with Gasteiger partial charge in [0, 0.05) is 24.7 Å². The highest BCUT2D eigenvalue weighted by molar-refractivity contribution is 5.92. The van der Waals surface area contributed by atoms with Crippen LogP contribution >= 0.6 is 0 Å². The molecule has 1 saturated heterocycles. The topological polar surface area (TPSA) is 66.3 Å². The summed E-state index contributed by atoms with van der Waals surface area (Å²) < 4.78 is 0. The highest BCUT2D eigenvalue weighted by Gasteiger charge is 2.36. The molecule has 1 amide bonds. The van der Waals surface area contributed by atoms with E-state index in [-0.39, 0.29) is 11.8 Å². The molecule has 0 saturated carbocycles. The van der Waals surface area contributed by atoms with Gasteiger partial charge in [-0.15, -0.1) is 0 Å². The average Bonchev–Trinajstić information content (AvgIpc) is 2.30. The summed E-state index contributed by atoms with van der Waals surface area (Å²) in [6.45, 7) is 8.57. The number of likely N-dealkylation sites (tertiary alicyclic amines) is 1. The van der Waals surface area contributed by atoms with Gasteiger partial charge in [-0.3, -0.25) is 4.79 Å². The number of carbonyl (C=O) groups is 1. The van der Waals surface area contributed by atoms with Crippen molar-refractivity contribution in [1.29, 1.82) is 0 Å². The van der Waals surface area contributed by atoms with Crippen LogP contribution in [0.5, 0.6) is 0 Å². The van der Waals surface area contributed by atoms with Gasteiger partial charge in [-0.2, -0.15) is 0 Å². The van der Waals surface area contributed by atoms with E-state index in [0.717, 1.165) is 5.69 Å². The fraction of sp³-hybridized carbons (Fsp3) is 0.643. The van der Waals surface area contributed by atoms with Gasteiger partial charge in [-0.1, -0.05) is 6.92 Å². The van der Waals surface area contributed by atoms with E-state index in [9.17, 15) is 9.90 Å². The number of aryl methyl sites for hydroxylation is 2. The Bertz CT molecular complexity index is 479. The Morgan fingerprint density at radius 2 is 2.16 bits per heavy atom. The van der Waals surface area contributed by atoms with Crippen LogP contribution in [0.2, 0.25) is 0 Å². The van der Waals surface area contributed by atoms with Crippen molar-refractivity contribution in [3.05, 3.63) is 23.3 Å². The summed E-state index contributed by atoms with van der Waals surface area (Å²) in [4.78, 5) is 22.6. The number of carbonyl (C=O) groups excluding carboxylic acids is 1. The zero-order chi connectivity index (χ0) is 14.2. The van der Waals surface area contributed by atoms with E-state index in [1.165, 1.54) is 0 Å². The lowest BCUT2D eigenvalue weighted by molar-refractivity contribution is -0.0440. The average molecular weight is 263 g/mol. The first-order valence-electron chi connectivity index (χ1n) is 6.63. The molecule has 1 fully saturated rings. The van der Waals surface area contributed by atoms with Crippen LogP contribution in [-0.2, 0) is 0 Å². The van der Waals surface area contributed by atoms with E-state index in [2.05, 4.69) is 9.97 Å². The van der Waals surface area contributed by atoms with Gasteiger partial charge in [0.15, 0.2) is 0 Å². The lowest BCUT2D eigenvalue weighted by atomic mass is 9.84. The van der Waals surface area contributed by atoms with Crippen LogP contribution in [0.4, 0.5) is 0 Å². The van der Waals surface area contributed by atoms with Gasteiger partial charge >= 0.3 is 0 Å². The monoisotopic (exact) mass is 263 g/mol. The first-order valence-corrected chi connectivity index (χ1v) is 6.63. The number of hydrogen-bond acceptors (Lipinski definition) is 4. The standard InChI is InChI=1S/C14H21N3O2/c1-9-8-17(6-5-14(9,4)19)13(18)12-7-10(2)15-11(3)16-12/h7,9,19H,5-6,8H2,1-4H3/t9-,14+/m1/s1. The zero-order valence-corrected chi connectivity index (χ0v) is 12.0. The van der Waals surface area contributed by atoms with Gasteiger partial charge in [0.25, 0.3) is 5.91 Å². The fourth-order valence-electron chi connectivity index (χ4n) is 2.40. The predicted molar refractivity (Wildman–Crippen MR) is 71.8 cm³/mol. The molecule has 1 N–H and O–H groups in total. The third-order valence-corrected chi connectivity index (χ3v) is 3.92. The maximum absolute atomic E-state index is 12.4. The van der Waals surface area contributed by atoms with E-state index in [1.54, 1.807) is 17.9 Å². The SMILES string of the molecule is Cc1cc(C(=O)N2CC[C@](C)(O)[C@H](C)C2)nc(C)n1. The molecule has 1 aromatic rings. The molecule has 1 aliphatic rings. The maximum atomic E-state index is 12.4. The van der Waals surface area contributed by atoms with Crippen molar-refractivity contribution in [1.82, 2.24) is 14.9 Å². The molecule has 5 nitrogen and oxygen atoms in total. The third kappa shape index (κ3) is 2.92. The first-order chi connectivity index (χ1) is 8.79. The van der Waals surface area contributed by atoms with Crippen molar-refractivity contribution in [3.8, 4) is 0 Å². The summed E-state index contributed by atoms with van der Waals surface area (Å²) in [6.07, 6.45) is 0.600. The van der Waals surface area contributed by atoms with Crippen LogP contribution in [0.25, 0.3) is 0 Å². The number of piperidine rings is 1. The van der Waals surface area contributed by atoms with Crippen molar-refractivity contribution in [2.24, 2.45) is 5.92 Å². The Labute approximate surface area is 113 Å². The molecule has 0 unspecified atom stereocenters. The highest BCUT2D eigenvalue weighted by Crippen LogP contribution is 2.27. The molecule has 2 atom stereocenters. The number of rotatable bonds is 1. The largest absolute Gasteiger partial charge is 0.390 e. The molecule has 2 heterocycles. The van der Waals surface area contributed by atoms with Gasteiger partial charge in [-0.25, -0.2) is 9.97 Å². The molecule has 5 heteroatoms. The van der Waals surface area contributed by atoms with Crippen molar-refractivity contribution in [2.45, 2.75) is 39.7 Å². The van der Waals surface area contributed by atoms with Crippen molar-refractivity contribution < 1.29 is 9.90 Å². The normalized spacial score (nSPS) is 27.4. The van der Waals surface area contributed by atoms with E-state index in [0.29, 0.717) is 31.0 Å². The molecule has 0 spiro atoms. The van der Waals surface area contributed by atoms with Crippen LogP contribution in [0.1, 0.15) is 42.3 Å². The second-order valence-corrected chi connectivity index (χ2v) is 5.70. The molecule has 0 aliphatic carbocycles. The van der Waals surface area contributed by atoms with Crippen LogP contribution in [0.15, 0.2) is 6.07 Å². The minimum atomic E-state index is -0.686. The van der Waals surface area contributed by atoms with Crippen molar-refractivity contribution in [3.63, 3.8) is 0 Å². The number of aliphatic hydroxyl groups is 1. The van der Waals surface area contributed by atoms with Crippen LogP contribution < -0.4 is 0 Å². The summed E-state index contributed by atoms with van der Waals surface area (Å²) in [7, 11) is 0. The quantitative estimate of drug-likeness (QED) is 0.830.